The van der Waals surface area contributed by atoms with Crippen LogP contribution in [0.3, 0.4) is 0 Å². The molecule has 0 amide bonds. The van der Waals surface area contributed by atoms with Crippen molar-refractivity contribution >= 4 is 0 Å². The van der Waals surface area contributed by atoms with Gasteiger partial charge >= 0.3 is 0 Å². The van der Waals surface area contributed by atoms with E-state index in [0.717, 1.165) is 12.8 Å². The van der Waals surface area contributed by atoms with Crippen LogP contribution in [-0.2, 0) is 25.8 Å². The van der Waals surface area contributed by atoms with E-state index in [9.17, 15) is 0 Å². The van der Waals surface area contributed by atoms with Crippen LogP contribution < -0.4 is 0 Å². The van der Waals surface area contributed by atoms with Crippen LogP contribution in [-0.4, -0.2) is 0 Å². The van der Waals surface area contributed by atoms with Gasteiger partial charge in [-0.1, -0.05) is 26.7 Å². The van der Waals surface area contributed by atoms with Gasteiger partial charge in [-0.25, -0.2) is 11.6 Å². The van der Waals surface area contributed by atoms with E-state index in [4.69, 9.17) is 0 Å². The van der Waals surface area contributed by atoms with Gasteiger partial charge in [0.25, 0.3) is 0 Å². The smallest absolute Gasteiger partial charge is 0 e. The van der Waals surface area contributed by atoms with Crippen molar-refractivity contribution in [1.82, 2.24) is 0 Å². The van der Waals surface area contributed by atoms with Crippen molar-refractivity contribution in [2.75, 3.05) is 0 Å². The summed E-state index contributed by atoms with van der Waals surface area (Å²) >= 11 is 0. The zero-order valence-corrected chi connectivity index (χ0v) is 11.0. The molecule has 0 unspecified atom stereocenters. The molecule has 60 valence electrons. The second-order valence-electron chi connectivity index (χ2n) is 2.78. The minimum Gasteiger partial charge on any atom is -0.269 e. The van der Waals surface area contributed by atoms with Gasteiger partial charge in [0.1, 0.15) is 0 Å². The zero-order valence-electron chi connectivity index (χ0n) is 7.41. The first-order valence-corrected chi connectivity index (χ1v) is 4.16. The molecule has 0 bridgehead atoms. The average Bonchev–Trinajstić information content (AvgIpc) is 2.37. The quantitative estimate of drug-likeness (QED) is 0.554. The minimum atomic E-state index is 0. The molecule has 11 heavy (non-hydrogen) atoms. The van der Waals surface area contributed by atoms with Gasteiger partial charge in [0.05, 0.1) is 0 Å². The largest absolute Gasteiger partial charge is 0.269 e. The number of hydrogen-bond donors (Lipinski definition) is 0. The molecule has 0 heterocycles. The Morgan fingerprint density at radius 2 is 2.18 bits per heavy atom. The Balaban J connectivity index is 0.000001000. The summed E-state index contributed by atoms with van der Waals surface area (Å²) < 4.78 is 0. The second-order valence-corrected chi connectivity index (χ2v) is 2.78. The third-order valence-corrected chi connectivity index (χ3v) is 1.87. The van der Waals surface area contributed by atoms with Gasteiger partial charge in [0.2, 0.25) is 0 Å². The predicted octanol–water partition coefficient (Wildman–Crippen LogP) is 3.25. The fourth-order valence-electron chi connectivity index (χ4n) is 1.28. The summed E-state index contributed by atoms with van der Waals surface area (Å²) in [6, 6.07) is 0. The van der Waals surface area contributed by atoms with Gasteiger partial charge in [0.15, 0.2) is 0 Å². The SMILES string of the molecule is CCCC1=CC(CC)=[C-]C1.[Hf]. The van der Waals surface area contributed by atoms with E-state index in [0.29, 0.717) is 0 Å². The topological polar surface area (TPSA) is 0 Å². The first kappa shape index (κ1) is 11.4. The molecule has 0 saturated heterocycles. The fourth-order valence-corrected chi connectivity index (χ4v) is 1.28. The van der Waals surface area contributed by atoms with E-state index in [1.54, 1.807) is 5.57 Å². The van der Waals surface area contributed by atoms with Gasteiger partial charge in [-0.15, -0.1) is 6.42 Å². The molecule has 0 saturated carbocycles. The standard InChI is InChI=1S/C10H15.Hf/c1-3-5-10-7-6-9(4-2)8-10;/h8H,3-5,7H2,1-2H3;/q-1;. The van der Waals surface area contributed by atoms with Crippen LogP contribution in [0.1, 0.15) is 39.5 Å². The summed E-state index contributed by atoms with van der Waals surface area (Å²) in [4.78, 5) is 0. The average molecular weight is 314 g/mol. The van der Waals surface area contributed by atoms with Crippen LogP contribution in [0.2, 0.25) is 0 Å². The van der Waals surface area contributed by atoms with Crippen molar-refractivity contribution < 1.29 is 25.8 Å². The van der Waals surface area contributed by atoms with Gasteiger partial charge in [-0.05, 0) is 6.42 Å². The summed E-state index contributed by atoms with van der Waals surface area (Å²) in [7, 11) is 0. The van der Waals surface area contributed by atoms with Crippen LogP contribution in [0.4, 0.5) is 0 Å². The van der Waals surface area contributed by atoms with Crippen molar-refractivity contribution in [3.8, 4) is 0 Å². The molecule has 0 aromatic rings. The maximum absolute atomic E-state index is 3.37. The van der Waals surface area contributed by atoms with Crippen molar-refractivity contribution in [2.24, 2.45) is 0 Å². The Hall–Kier alpha value is 0.350. The van der Waals surface area contributed by atoms with Crippen LogP contribution in [0.5, 0.6) is 0 Å². The summed E-state index contributed by atoms with van der Waals surface area (Å²) in [5, 5.41) is 0. The molecule has 1 rings (SSSR count). The Labute approximate surface area is 88.5 Å². The number of allylic oxidation sites excluding steroid dienone is 4. The predicted molar refractivity (Wildman–Crippen MR) is 44.7 cm³/mol. The van der Waals surface area contributed by atoms with E-state index in [1.165, 1.54) is 18.4 Å². The first-order chi connectivity index (χ1) is 4.86. The maximum Gasteiger partial charge on any atom is 0 e. The van der Waals surface area contributed by atoms with Crippen molar-refractivity contribution in [1.29, 1.82) is 0 Å². The summed E-state index contributed by atoms with van der Waals surface area (Å²) in [6.07, 6.45) is 10.4. The molecule has 1 aliphatic rings. The van der Waals surface area contributed by atoms with E-state index in [2.05, 4.69) is 26.0 Å². The van der Waals surface area contributed by atoms with Gasteiger partial charge in [0, 0.05) is 25.8 Å². The molecule has 1 heteroatoms. The van der Waals surface area contributed by atoms with E-state index in [-0.39, 0.29) is 25.8 Å². The molecule has 1 aliphatic carbocycles. The number of hydrogen-bond acceptors (Lipinski definition) is 0. The van der Waals surface area contributed by atoms with Crippen LogP contribution in [0.15, 0.2) is 17.2 Å². The summed E-state index contributed by atoms with van der Waals surface area (Å²) in [5.74, 6) is 0. The second kappa shape index (κ2) is 5.93. The van der Waals surface area contributed by atoms with Crippen LogP contribution >= 0.6 is 0 Å². The van der Waals surface area contributed by atoms with Gasteiger partial charge in [-0.2, -0.15) is 5.57 Å². The summed E-state index contributed by atoms with van der Waals surface area (Å²) in [5.41, 5.74) is 2.97. The number of rotatable bonds is 3. The van der Waals surface area contributed by atoms with Crippen molar-refractivity contribution in [3.05, 3.63) is 23.3 Å². The van der Waals surface area contributed by atoms with E-state index >= 15 is 0 Å². The first-order valence-electron chi connectivity index (χ1n) is 4.16. The van der Waals surface area contributed by atoms with E-state index in [1.807, 2.05) is 0 Å². The molecular formula is C10H15Hf-. The molecule has 0 nitrogen and oxygen atoms in total. The van der Waals surface area contributed by atoms with Gasteiger partial charge < -0.3 is 0 Å². The molecule has 0 N–H and O–H groups in total. The van der Waals surface area contributed by atoms with Crippen molar-refractivity contribution in [2.45, 2.75) is 39.5 Å². The third-order valence-electron chi connectivity index (χ3n) is 1.87. The third kappa shape index (κ3) is 3.50. The Kier molecular flexibility index (Phi) is 6.12. The van der Waals surface area contributed by atoms with Crippen LogP contribution in [0.25, 0.3) is 0 Å². The minimum absolute atomic E-state index is 0. The molecule has 0 atom stereocenters. The Morgan fingerprint density at radius 3 is 2.64 bits per heavy atom. The van der Waals surface area contributed by atoms with Crippen molar-refractivity contribution in [3.63, 3.8) is 0 Å². The molecular weight excluding hydrogens is 299 g/mol. The van der Waals surface area contributed by atoms with Crippen LogP contribution in [0, 0.1) is 6.08 Å². The van der Waals surface area contributed by atoms with Gasteiger partial charge in [-0.3, -0.25) is 6.08 Å². The van der Waals surface area contributed by atoms with E-state index < -0.39 is 0 Å². The maximum atomic E-state index is 3.37. The molecule has 0 aliphatic heterocycles. The molecule has 0 aromatic heterocycles. The Morgan fingerprint density at radius 1 is 1.45 bits per heavy atom. The zero-order chi connectivity index (χ0) is 7.40. The molecule has 0 aromatic carbocycles. The monoisotopic (exact) mass is 315 g/mol. The molecule has 0 fully saturated rings. The molecule has 0 spiro atoms. The fraction of sp³-hybridized carbons (Fsp3) is 0.600. The molecule has 0 radical (unpaired) electrons. The Bertz CT molecular complexity index is 166. The normalized spacial score (nSPS) is 15.5. The summed E-state index contributed by atoms with van der Waals surface area (Å²) in [6.45, 7) is 4.42.